The molecule has 0 aromatic heterocycles. The van der Waals surface area contributed by atoms with Gasteiger partial charge >= 0.3 is 19.8 Å². The highest BCUT2D eigenvalue weighted by Gasteiger charge is 2.27. The number of hydrogen-bond donors (Lipinski definition) is 2. The van der Waals surface area contributed by atoms with Gasteiger partial charge in [0.25, 0.3) is 0 Å². The molecule has 0 bridgehead atoms. The molecule has 0 aliphatic heterocycles. The van der Waals surface area contributed by atoms with Crippen LogP contribution in [-0.2, 0) is 32.7 Å². The average Bonchev–Trinajstić information content (AvgIpc) is 3.12. The normalized spacial score (nSPS) is 14.7. The second-order valence-electron chi connectivity index (χ2n) is 15.6. The summed E-state index contributed by atoms with van der Waals surface area (Å²) < 4.78 is 34.2. The molecule has 0 rings (SSSR count). The van der Waals surface area contributed by atoms with Crippen LogP contribution in [0.25, 0.3) is 0 Å². The number of carbonyl (C=O) groups excluding carboxylic acids is 2. The molecule has 0 saturated heterocycles. The average molecular weight is 799 g/mol. The van der Waals surface area contributed by atoms with Crippen LogP contribution < -0.4 is 0 Å². The number of allylic oxidation sites excluding steroid dienone is 7. The van der Waals surface area contributed by atoms with Gasteiger partial charge in [0.15, 0.2) is 6.10 Å². The number of aliphatic hydroxyl groups excluding tert-OH is 1. The number of rotatable bonds is 38. The van der Waals surface area contributed by atoms with Gasteiger partial charge in [0.2, 0.25) is 0 Å². The van der Waals surface area contributed by atoms with E-state index in [0.29, 0.717) is 23.9 Å². The molecule has 3 atom stereocenters. The van der Waals surface area contributed by atoms with Crippen molar-refractivity contribution in [2.24, 2.45) is 0 Å². The number of carbonyl (C=O) groups is 2. The third-order valence-corrected chi connectivity index (χ3v) is 9.95. The lowest BCUT2D eigenvalue weighted by molar-refractivity contribution is -0.870. The molecular formula is C44H81NO9P+. The lowest BCUT2D eigenvalue weighted by Gasteiger charge is -2.24. The van der Waals surface area contributed by atoms with Crippen LogP contribution in [0.15, 0.2) is 48.6 Å². The molecule has 0 saturated carbocycles. The topological polar surface area (TPSA) is 129 Å². The van der Waals surface area contributed by atoms with Crippen molar-refractivity contribution < 1.29 is 47.2 Å². The maximum atomic E-state index is 12.6. The van der Waals surface area contributed by atoms with Crippen molar-refractivity contribution in [2.45, 2.75) is 174 Å². The van der Waals surface area contributed by atoms with Gasteiger partial charge in [0.05, 0.1) is 33.9 Å². The number of phosphoric ester groups is 1. The van der Waals surface area contributed by atoms with Gasteiger partial charge in [0, 0.05) is 12.8 Å². The van der Waals surface area contributed by atoms with E-state index in [2.05, 4.69) is 26.0 Å². The summed E-state index contributed by atoms with van der Waals surface area (Å²) in [5.74, 6) is -0.891. The van der Waals surface area contributed by atoms with E-state index in [0.717, 1.165) is 57.8 Å². The van der Waals surface area contributed by atoms with Gasteiger partial charge < -0.3 is 24.0 Å². The van der Waals surface area contributed by atoms with Crippen molar-refractivity contribution in [2.75, 3.05) is 47.5 Å². The van der Waals surface area contributed by atoms with Crippen molar-refractivity contribution in [3.63, 3.8) is 0 Å². The summed E-state index contributed by atoms with van der Waals surface area (Å²) in [6.45, 7) is 4.21. The minimum Gasteiger partial charge on any atom is -0.462 e. The number of hydrogen-bond acceptors (Lipinski definition) is 8. The molecule has 2 N–H and O–H groups in total. The fourth-order valence-corrected chi connectivity index (χ4v) is 6.27. The van der Waals surface area contributed by atoms with E-state index in [9.17, 15) is 24.2 Å². The molecule has 11 heteroatoms. The summed E-state index contributed by atoms with van der Waals surface area (Å²) in [7, 11) is 1.41. The Bertz CT molecular complexity index is 1100. The van der Waals surface area contributed by atoms with E-state index in [-0.39, 0.29) is 32.2 Å². The number of aliphatic hydroxyl groups is 1. The minimum atomic E-state index is -4.40. The molecule has 0 fully saturated rings. The Hall–Kier alpha value is -2.07. The summed E-state index contributed by atoms with van der Waals surface area (Å²) in [5, 5.41) is 9.90. The van der Waals surface area contributed by atoms with E-state index >= 15 is 0 Å². The number of unbranched alkanes of at least 4 members (excludes halogenated alkanes) is 15. The Morgan fingerprint density at radius 3 is 1.82 bits per heavy atom. The number of phosphoric acid groups is 1. The minimum absolute atomic E-state index is 0.0128. The van der Waals surface area contributed by atoms with Crippen LogP contribution in [-0.4, -0.2) is 86.1 Å². The Morgan fingerprint density at radius 2 is 1.20 bits per heavy atom. The zero-order valence-electron chi connectivity index (χ0n) is 35.5. The lowest BCUT2D eigenvalue weighted by atomic mass is 10.0. The SMILES string of the molecule is CCCCCCCCCCCCCCCC(=O)OCC(COP(=O)(O)OCC[N+](C)(C)C)OC(=O)CCC/C=C\C/C=C\C/C=C\C=C\C(O)CCCCC. The highest BCUT2D eigenvalue weighted by molar-refractivity contribution is 7.47. The van der Waals surface area contributed by atoms with Crippen LogP contribution in [0.1, 0.15) is 162 Å². The molecule has 10 nitrogen and oxygen atoms in total. The van der Waals surface area contributed by atoms with Crippen LogP contribution in [0.3, 0.4) is 0 Å². The van der Waals surface area contributed by atoms with Gasteiger partial charge in [-0.1, -0.05) is 159 Å². The Labute approximate surface area is 336 Å². The number of quaternary nitrogens is 1. The first-order valence-electron chi connectivity index (χ1n) is 21.5. The number of likely N-dealkylation sites (N-methyl/N-ethyl adjacent to an activating group) is 1. The predicted molar refractivity (Wildman–Crippen MR) is 226 cm³/mol. The summed E-state index contributed by atoms with van der Waals surface area (Å²) in [4.78, 5) is 35.3. The third kappa shape index (κ3) is 39.9. The first kappa shape index (κ1) is 52.9. The third-order valence-electron chi connectivity index (χ3n) is 8.97. The van der Waals surface area contributed by atoms with Crippen LogP contribution in [0.4, 0.5) is 0 Å². The van der Waals surface area contributed by atoms with Gasteiger partial charge in [-0.15, -0.1) is 0 Å². The van der Waals surface area contributed by atoms with E-state index in [1.807, 2.05) is 57.6 Å². The zero-order valence-corrected chi connectivity index (χ0v) is 36.4. The second kappa shape index (κ2) is 36.3. The Kier molecular flexibility index (Phi) is 34.9. The Balaban J connectivity index is 4.52. The van der Waals surface area contributed by atoms with Gasteiger partial charge in [-0.2, -0.15) is 0 Å². The molecule has 0 aliphatic rings. The first-order chi connectivity index (χ1) is 26.4. The summed E-state index contributed by atoms with van der Waals surface area (Å²) >= 11 is 0. The van der Waals surface area contributed by atoms with Gasteiger partial charge in [-0.3, -0.25) is 18.6 Å². The van der Waals surface area contributed by atoms with Crippen LogP contribution in [0.2, 0.25) is 0 Å². The molecule has 0 aromatic carbocycles. The molecule has 0 amide bonds. The van der Waals surface area contributed by atoms with Gasteiger partial charge in [-0.25, -0.2) is 4.57 Å². The number of esters is 2. The first-order valence-corrected chi connectivity index (χ1v) is 23.0. The quantitative estimate of drug-likeness (QED) is 0.0157. The van der Waals surface area contributed by atoms with Crippen LogP contribution in [0, 0.1) is 0 Å². The highest BCUT2D eigenvalue weighted by atomic mass is 31.2. The molecule has 0 spiro atoms. The largest absolute Gasteiger partial charge is 0.472 e. The number of ether oxygens (including phenoxy) is 2. The molecule has 0 heterocycles. The molecular weight excluding hydrogens is 717 g/mol. The molecule has 320 valence electrons. The van der Waals surface area contributed by atoms with E-state index in [1.165, 1.54) is 64.2 Å². The molecule has 55 heavy (non-hydrogen) atoms. The molecule has 0 radical (unpaired) electrons. The summed E-state index contributed by atoms with van der Waals surface area (Å²) in [6, 6.07) is 0. The van der Waals surface area contributed by atoms with Crippen molar-refractivity contribution >= 4 is 19.8 Å². The van der Waals surface area contributed by atoms with Gasteiger partial charge in [0.1, 0.15) is 19.8 Å². The van der Waals surface area contributed by atoms with E-state index in [4.69, 9.17) is 18.5 Å². The Morgan fingerprint density at radius 1 is 0.655 bits per heavy atom. The smallest absolute Gasteiger partial charge is 0.462 e. The van der Waals surface area contributed by atoms with Crippen LogP contribution in [0.5, 0.6) is 0 Å². The predicted octanol–water partition coefficient (Wildman–Crippen LogP) is 10.9. The molecule has 0 aromatic rings. The zero-order chi connectivity index (χ0) is 40.9. The fraction of sp³-hybridized carbons (Fsp3) is 0.773. The van der Waals surface area contributed by atoms with E-state index in [1.54, 1.807) is 0 Å². The standard InChI is InChI=1S/C44H80NO9P/c1-6-8-10-11-12-13-14-15-18-21-24-27-31-35-43(47)51-39-42(40-53-55(49,50)52-38-37-45(3,4)5)54-44(48)36-32-28-25-22-19-16-17-20-23-26-30-34-41(46)33-29-9-7-2/h16-17,22-23,25-26,30,34,41-42,46H,6-15,18-21,24,27-29,31-33,35-40H2,1-5H3/p+1/b17-16-,25-22-,26-23-,34-30+. The van der Waals surface area contributed by atoms with Gasteiger partial charge in [-0.05, 0) is 38.5 Å². The summed E-state index contributed by atoms with van der Waals surface area (Å²) in [6.07, 6.45) is 37.7. The molecule has 3 unspecified atom stereocenters. The monoisotopic (exact) mass is 799 g/mol. The second-order valence-corrected chi connectivity index (χ2v) is 17.0. The van der Waals surface area contributed by atoms with Crippen molar-refractivity contribution in [1.29, 1.82) is 0 Å². The van der Waals surface area contributed by atoms with Crippen molar-refractivity contribution in [3.05, 3.63) is 48.6 Å². The van der Waals surface area contributed by atoms with Crippen molar-refractivity contribution in [1.82, 2.24) is 0 Å². The molecule has 0 aliphatic carbocycles. The lowest BCUT2D eigenvalue weighted by Crippen LogP contribution is -2.37. The van der Waals surface area contributed by atoms with Crippen molar-refractivity contribution in [3.8, 4) is 0 Å². The highest BCUT2D eigenvalue weighted by Crippen LogP contribution is 2.43. The summed E-state index contributed by atoms with van der Waals surface area (Å²) in [5.41, 5.74) is 0. The maximum absolute atomic E-state index is 12.6. The van der Waals surface area contributed by atoms with Crippen LogP contribution >= 0.6 is 7.82 Å². The van der Waals surface area contributed by atoms with E-state index < -0.39 is 32.5 Å². The fourth-order valence-electron chi connectivity index (χ4n) is 5.53. The maximum Gasteiger partial charge on any atom is 0.472 e. The number of nitrogens with zero attached hydrogens (tertiary/aromatic N) is 1.